The van der Waals surface area contributed by atoms with Crippen molar-refractivity contribution in [2.75, 3.05) is 5.32 Å². The molecular weight excluding hydrogens is 339 g/mol. The zero-order valence-electron chi connectivity index (χ0n) is 9.64. The molecule has 0 aliphatic carbocycles. The lowest BCUT2D eigenvalue weighted by Crippen LogP contribution is -2.27. The number of benzene rings is 2. The number of amides is 1. The van der Waals surface area contributed by atoms with E-state index in [1.54, 1.807) is 0 Å². The number of carbonyl (C=O) groups excluding carboxylic acids is 1. The second-order valence-corrected chi connectivity index (χ2v) is 5.15. The number of hydrogen-bond donors (Lipinski definition) is 2. The number of nitrogens with two attached hydrogens (primary N) is 1. The molecule has 0 saturated carbocycles. The Morgan fingerprint density at radius 1 is 1.11 bits per heavy atom. The quantitative estimate of drug-likeness (QED) is 0.832. The molecule has 1 amide bonds. The van der Waals surface area contributed by atoms with Gasteiger partial charge in [-0.3, -0.25) is 4.79 Å². The maximum atomic E-state index is 11.5. The van der Waals surface area contributed by atoms with Gasteiger partial charge < -0.3 is 11.1 Å². The van der Waals surface area contributed by atoms with Crippen molar-refractivity contribution in [3.05, 3.63) is 63.7 Å². The van der Waals surface area contributed by atoms with Crippen molar-refractivity contribution in [3.8, 4) is 0 Å². The van der Waals surface area contributed by atoms with Gasteiger partial charge >= 0.3 is 0 Å². The average Bonchev–Trinajstić information content (AvgIpc) is 2.37. The van der Waals surface area contributed by atoms with Gasteiger partial charge in [0.15, 0.2) is 0 Å². The van der Waals surface area contributed by atoms with Crippen LogP contribution in [0, 0.1) is 3.57 Å². The molecular formula is C14H13IN2O. The molecule has 0 aliphatic heterocycles. The predicted molar refractivity (Wildman–Crippen MR) is 81.2 cm³/mol. The number of nitrogens with one attached hydrogen (secondary N) is 1. The van der Waals surface area contributed by atoms with Gasteiger partial charge in [0.1, 0.15) is 6.04 Å². The molecule has 3 nitrogen and oxygen atoms in total. The standard InChI is InChI=1S/C14H13IN2O/c15-11-7-4-8-12(9-11)17-13(14(16)18)10-5-2-1-3-6-10/h1-9,13,17H,(H2,16,18). The Balaban J connectivity index is 2.25. The first-order valence-corrected chi connectivity index (χ1v) is 6.61. The maximum absolute atomic E-state index is 11.5. The summed E-state index contributed by atoms with van der Waals surface area (Å²) in [4.78, 5) is 11.5. The number of anilines is 1. The van der Waals surface area contributed by atoms with Crippen LogP contribution >= 0.6 is 22.6 Å². The molecule has 0 saturated heterocycles. The summed E-state index contributed by atoms with van der Waals surface area (Å²) >= 11 is 2.23. The summed E-state index contributed by atoms with van der Waals surface area (Å²) in [6, 6.07) is 16.8. The van der Waals surface area contributed by atoms with Crippen LogP contribution in [0.15, 0.2) is 54.6 Å². The van der Waals surface area contributed by atoms with E-state index >= 15 is 0 Å². The van der Waals surface area contributed by atoms with E-state index in [-0.39, 0.29) is 5.91 Å². The highest BCUT2D eigenvalue weighted by atomic mass is 127. The fraction of sp³-hybridized carbons (Fsp3) is 0.0714. The van der Waals surface area contributed by atoms with E-state index in [4.69, 9.17) is 5.73 Å². The molecule has 0 bridgehead atoms. The highest BCUT2D eigenvalue weighted by Gasteiger charge is 2.16. The second kappa shape index (κ2) is 5.86. The minimum absolute atomic E-state index is 0.389. The Hall–Kier alpha value is -1.56. The van der Waals surface area contributed by atoms with E-state index < -0.39 is 6.04 Å². The van der Waals surface area contributed by atoms with E-state index in [1.807, 2.05) is 54.6 Å². The summed E-state index contributed by atoms with van der Waals surface area (Å²) in [6.45, 7) is 0. The predicted octanol–water partition coefficient (Wildman–Crippen LogP) is 2.93. The van der Waals surface area contributed by atoms with E-state index in [2.05, 4.69) is 27.9 Å². The number of rotatable bonds is 4. The van der Waals surface area contributed by atoms with Crippen molar-refractivity contribution in [1.82, 2.24) is 0 Å². The van der Waals surface area contributed by atoms with Crippen molar-refractivity contribution in [2.45, 2.75) is 6.04 Å². The lowest BCUT2D eigenvalue weighted by atomic mass is 10.1. The molecule has 0 spiro atoms. The van der Waals surface area contributed by atoms with E-state index in [0.717, 1.165) is 14.8 Å². The van der Waals surface area contributed by atoms with E-state index in [9.17, 15) is 4.79 Å². The van der Waals surface area contributed by atoms with E-state index in [1.165, 1.54) is 0 Å². The van der Waals surface area contributed by atoms with Crippen LogP contribution in [-0.4, -0.2) is 5.91 Å². The third-order valence-corrected chi connectivity index (χ3v) is 3.22. The number of halogens is 1. The minimum Gasteiger partial charge on any atom is -0.370 e. The lowest BCUT2D eigenvalue weighted by Gasteiger charge is -2.17. The van der Waals surface area contributed by atoms with Crippen LogP contribution in [-0.2, 0) is 4.79 Å². The van der Waals surface area contributed by atoms with Gasteiger partial charge in [-0.25, -0.2) is 0 Å². The van der Waals surface area contributed by atoms with Crippen LogP contribution < -0.4 is 11.1 Å². The normalized spacial score (nSPS) is 11.8. The molecule has 2 aromatic rings. The van der Waals surface area contributed by atoms with Crippen LogP contribution in [0.5, 0.6) is 0 Å². The fourth-order valence-corrected chi connectivity index (χ4v) is 2.25. The number of carbonyl (C=O) groups is 1. The lowest BCUT2D eigenvalue weighted by molar-refractivity contribution is -0.118. The van der Waals surface area contributed by atoms with Gasteiger partial charge in [-0.05, 0) is 46.4 Å². The average molecular weight is 352 g/mol. The highest BCUT2D eigenvalue weighted by molar-refractivity contribution is 14.1. The SMILES string of the molecule is NC(=O)C(Nc1cccc(I)c1)c1ccccc1. The van der Waals surface area contributed by atoms with Crippen molar-refractivity contribution < 1.29 is 4.79 Å². The second-order valence-electron chi connectivity index (χ2n) is 3.90. The van der Waals surface area contributed by atoms with E-state index in [0.29, 0.717) is 0 Å². The molecule has 1 unspecified atom stereocenters. The molecule has 4 heteroatoms. The van der Waals surface area contributed by atoms with Crippen LogP contribution in [0.1, 0.15) is 11.6 Å². The summed E-state index contributed by atoms with van der Waals surface area (Å²) in [5.41, 5.74) is 7.20. The molecule has 2 aromatic carbocycles. The summed E-state index contributed by atoms with van der Waals surface area (Å²) in [5, 5.41) is 3.16. The molecule has 3 N–H and O–H groups in total. The van der Waals surface area contributed by atoms with Crippen molar-refractivity contribution >= 4 is 34.2 Å². The largest absolute Gasteiger partial charge is 0.370 e. The van der Waals surface area contributed by atoms with Crippen LogP contribution in [0.25, 0.3) is 0 Å². The van der Waals surface area contributed by atoms with Gasteiger partial charge in [0.05, 0.1) is 0 Å². The molecule has 18 heavy (non-hydrogen) atoms. The topological polar surface area (TPSA) is 55.1 Å². The smallest absolute Gasteiger partial charge is 0.244 e. The summed E-state index contributed by atoms with van der Waals surface area (Å²) in [5.74, 6) is -0.389. The molecule has 0 radical (unpaired) electrons. The first kappa shape index (κ1) is 12.9. The Morgan fingerprint density at radius 3 is 2.44 bits per heavy atom. The van der Waals surface area contributed by atoms with Crippen molar-refractivity contribution in [3.63, 3.8) is 0 Å². The molecule has 0 heterocycles. The van der Waals surface area contributed by atoms with Gasteiger partial charge in [0, 0.05) is 9.26 Å². The Morgan fingerprint density at radius 2 is 1.83 bits per heavy atom. The number of hydrogen-bond acceptors (Lipinski definition) is 2. The molecule has 1 atom stereocenters. The summed E-state index contributed by atoms with van der Waals surface area (Å²) < 4.78 is 1.11. The maximum Gasteiger partial charge on any atom is 0.244 e. The highest BCUT2D eigenvalue weighted by Crippen LogP contribution is 2.20. The fourth-order valence-electron chi connectivity index (χ4n) is 1.71. The van der Waals surface area contributed by atoms with Gasteiger partial charge in [0.2, 0.25) is 5.91 Å². The zero-order chi connectivity index (χ0) is 13.0. The molecule has 0 aromatic heterocycles. The Bertz CT molecular complexity index is 543. The molecule has 0 aliphatic rings. The Labute approximate surface area is 120 Å². The first-order chi connectivity index (χ1) is 8.66. The summed E-state index contributed by atoms with van der Waals surface area (Å²) in [6.07, 6.45) is 0. The van der Waals surface area contributed by atoms with Gasteiger partial charge in [-0.15, -0.1) is 0 Å². The van der Waals surface area contributed by atoms with Gasteiger partial charge in [0.25, 0.3) is 0 Å². The molecule has 2 rings (SSSR count). The van der Waals surface area contributed by atoms with Crippen LogP contribution in [0.2, 0.25) is 0 Å². The van der Waals surface area contributed by atoms with Gasteiger partial charge in [-0.1, -0.05) is 36.4 Å². The first-order valence-electron chi connectivity index (χ1n) is 5.53. The minimum atomic E-state index is -0.510. The zero-order valence-corrected chi connectivity index (χ0v) is 11.8. The Kier molecular flexibility index (Phi) is 4.19. The molecule has 92 valence electrons. The third-order valence-electron chi connectivity index (χ3n) is 2.55. The van der Waals surface area contributed by atoms with Crippen LogP contribution in [0.4, 0.5) is 5.69 Å². The summed E-state index contributed by atoms with van der Waals surface area (Å²) in [7, 11) is 0. The molecule has 0 fully saturated rings. The monoisotopic (exact) mass is 352 g/mol. The van der Waals surface area contributed by atoms with Crippen molar-refractivity contribution in [1.29, 1.82) is 0 Å². The van der Waals surface area contributed by atoms with Crippen molar-refractivity contribution in [2.24, 2.45) is 5.73 Å². The van der Waals surface area contributed by atoms with Crippen LogP contribution in [0.3, 0.4) is 0 Å². The number of primary amides is 1. The van der Waals surface area contributed by atoms with Gasteiger partial charge in [-0.2, -0.15) is 0 Å². The third kappa shape index (κ3) is 3.22.